The van der Waals surface area contributed by atoms with Gasteiger partial charge in [-0.25, -0.2) is 0 Å². The summed E-state index contributed by atoms with van der Waals surface area (Å²) in [5.74, 6) is 1.70. The first-order chi connectivity index (χ1) is 5.94. The predicted octanol–water partition coefficient (Wildman–Crippen LogP) is 3.95. The molecule has 2 bridgehead atoms. The fourth-order valence-corrected chi connectivity index (χ4v) is 3.17. The molecule has 0 unspecified atom stereocenters. The maximum atomic E-state index is 2.43. The Labute approximate surface area is 81.7 Å². The Balaban J connectivity index is 2.47. The number of hydrogen-bond donors (Lipinski definition) is 0. The molecule has 0 amide bonds. The summed E-state index contributed by atoms with van der Waals surface area (Å²) in [6, 6.07) is 0. The summed E-state index contributed by atoms with van der Waals surface area (Å²) in [4.78, 5) is 0. The molecule has 1 fully saturated rings. The highest BCUT2D eigenvalue weighted by Gasteiger charge is 2.52. The van der Waals surface area contributed by atoms with Crippen LogP contribution in [-0.2, 0) is 0 Å². The zero-order valence-electron chi connectivity index (χ0n) is 9.44. The molecule has 0 spiro atoms. The minimum atomic E-state index is 0.533. The van der Waals surface area contributed by atoms with Crippen LogP contribution in [-0.4, -0.2) is 0 Å². The van der Waals surface area contributed by atoms with Crippen LogP contribution in [0.4, 0.5) is 0 Å². The molecule has 3 aliphatic carbocycles. The third-order valence-corrected chi connectivity index (χ3v) is 4.15. The second-order valence-corrected chi connectivity index (χ2v) is 5.51. The van der Waals surface area contributed by atoms with Crippen molar-refractivity contribution in [3.05, 3.63) is 22.8 Å². The summed E-state index contributed by atoms with van der Waals surface area (Å²) in [6.45, 7) is 11.6. The van der Waals surface area contributed by atoms with E-state index < -0.39 is 0 Å². The highest BCUT2D eigenvalue weighted by atomic mass is 14.6. The van der Waals surface area contributed by atoms with E-state index in [0.29, 0.717) is 5.41 Å². The van der Waals surface area contributed by atoms with E-state index in [1.165, 1.54) is 12.0 Å². The van der Waals surface area contributed by atoms with Gasteiger partial charge in [0, 0.05) is 0 Å². The van der Waals surface area contributed by atoms with E-state index in [1.807, 2.05) is 0 Å². The van der Waals surface area contributed by atoms with Crippen molar-refractivity contribution in [3.8, 4) is 0 Å². The summed E-state index contributed by atoms with van der Waals surface area (Å²) in [5.41, 5.74) is 5.26. The zero-order chi connectivity index (χ0) is 9.80. The van der Waals surface area contributed by atoms with Gasteiger partial charge in [0.15, 0.2) is 0 Å². The molecule has 0 heterocycles. The fraction of sp³-hybridized carbons (Fsp3) is 0.692. The van der Waals surface area contributed by atoms with Crippen molar-refractivity contribution in [1.29, 1.82) is 0 Å². The first-order valence-electron chi connectivity index (χ1n) is 5.30. The molecular formula is C13H20. The van der Waals surface area contributed by atoms with Crippen molar-refractivity contribution in [2.45, 2.75) is 41.0 Å². The van der Waals surface area contributed by atoms with E-state index in [0.717, 1.165) is 11.8 Å². The highest BCUT2D eigenvalue weighted by molar-refractivity contribution is 5.41. The molecule has 3 aliphatic rings. The van der Waals surface area contributed by atoms with Gasteiger partial charge in [0.25, 0.3) is 0 Å². The lowest BCUT2D eigenvalue weighted by Crippen LogP contribution is -2.48. The molecule has 0 aromatic rings. The normalized spacial score (nSPS) is 35.2. The van der Waals surface area contributed by atoms with Gasteiger partial charge in [-0.2, -0.15) is 0 Å². The summed E-state index contributed by atoms with van der Waals surface area (Å²) >= 11 is 0. The maximum absolute atomic E-state index is 2.43. The van der Waals surface area contributed by atoms with E-state index >= 15 is 0 Å². The van der Waals surface area contributed by atoms with Crippen LogP contribution in [0, 0.1) is 17.3 Å². The van der Waals surface area contributed by atoms with Gasteiger partial charge < -0.3 is 0 Å². The number of fused-ring (bicyclic) bond motifs is 1. The Morgan fingerprint density at radius 1 is 1.31 bits per heavy atom. The smallest absolute Gasteiger partial charge is 0.00997 e. The van der Waals surface area contributed by atoms with Crippen molar-refractivity contribution in [2.75, 3.05) is 0 Å². The SMILES string of the molecule is CC1=CC(=C(C)C)[C@@H]2C[C@H]1C2(C)C. The molecule has 2 atom stereocenters. The largest absolute Gasteiger partial charge is 0.0729 e. The van der Waals surface area contributed by atoms with Gasteiger partial charge in [-0.1, -0.05) is 31.1 Å². The highest BCUT2D eigenvalue weighted by Crippen LogP contribution is 2.61. The molecule has 0 N–H and O–H groups in total. The lowest BCUT2D eigenvalue weighted by molar-refractivity contribution is 0.0231. The molecule has 0 aliphatic heterocycles. The van der Waals surface area contributed by atoms with Crippen molar-refractivity contribution >= 4 is 0 Å². The third kappa shape index (κ3) is 1.04. The van der Waals surface area contributed by atoms with Crippen molar-refractivity contribution in [2.24, 2.45) is 17.3 Å². The van der Waals surface area contributed by atoms with Gasteiger partial charge >= 0.3 is 0 Å². The third-order valence-electron chi connectivity index (χ3n) is 4.15. The molecule has 0 nitrogen and oxygen atoms in total. The lowest BCUT2D eigenvalue weighted by atomic mass is 9.47. The van der Waals surface area contributed by atoms with Gasteiger partial charge in [0.05, 0.1) is 0 Å². The minimum Gasteiger partial charge on any atom is -0.0729 e. The standard InChI is InChI=1S/C13H20/c1-8(2)10-6-9(3)11-7-12(10)13(11,4)5/h6,11-12H,7H2,1-5H3/t11-,12+/m1/s1. The van der Waals surface area contributed by atoms with Crippen LogP contribution < -0.4 is 0 Å². The molecule has 0 aromatic carbocycles. The molecule has 0 heteroatoms. The van der Waals surface area contributed by atoms with Crippen LogP contribution in [0.3, 0.4) is 0 Å². The van der Waals surface area contributed by atoms with E-state index in [9.17, 15) is 0 Å². The van der Waals surface area contributed by atoms with E-state index in [-0.39, 0.29) is 0 Å². The van der Waals surface area contributed by atoms with Crippen molar-refractivity contribution < 1.29 is 0 Å². The Kier molecular flexibility index (Phi) is 1.74. The second kappa shape index (κ2) is 2.50. The number of hydrogen-bond acceptors (Lipinski definition) is 0. The van der Waals surface area contributed by atoms with Crippen LogP contribution in [0.15, 0.2) is 22.8 Å². The molecule has 0 saturated heterocycles. The van der Waals surface area contributed by atoms with Gasteiger partial charge in [0.2, 0.25) is 0 Å². The van der Waals surface area contributed by atoms with Gasteiger partial charge in [0.1, 0.15) is 0 Å². The van der Waals surface area contributed by atoms with Crippen molar-refractivity contribution in [1.82, 2.24) is 0 Å². The Morgan fingerprint density at radius 3 is 2.31 bits per heavy atom. The topological polar surface area (TPSA) is 0 Å². The minimum absolute atomic E-state index is 0.533. The van der Waals surface area contributed by atoms with E-state index in [1.54, 1.807) is 11.1 Å². The van der Waals surface area contributed by atoms with E-state index in [2.05, 4.69) is 40.7 Å². The monoisotopic (exact) mass is 176 g/mol. The number of allylic oxidation sites excluding steroid dienone is 4. The molecule has 3 rings (SSSR count). The Bertz CT molecular complexity index is 298. The first kappa shape index (κ1) is 9.05. The van der Waals surface area contributed by atoms with Crippen LogP contribution in [0.25, 0.3) is 0 Å². The summed E-state index contributed by atoms with van der Waals surface area (Å²) in [7, 11) is 0. The van der Waals surface area contributed by atoms with Crippen LogP contribution in [0.5, 0.6) is 0 Å². The van der Waals surface area contributed by atoms with Gasteiger partial charge in [-0.15, -0.1) is 0 Å². The zero-order valence-corrected chi connectivity index (χ0v) is 9.44. The van der Waals surface area contributed by atoms with E-state index in [4.69, 9.17) is 0 Å². The van der Waals surface area contributed by atoms with Crippen LogP contribution >= 0.6 is 0 Å². The maximum Gasteiger partial charge on any atom is -0.00997 e. The summed E-state index contributed by atoms with van der Waals surface area (Å²) in [6.07, 6.45) is 3.83. The molecule has 0 aromatic heterocycles. The summed E-state index contributed by atoms with van der Waals surface area (Å²) < 4.78 is 0. The van der Waals surface area contributed by atoms with Gasteiger partial charge in [-0.3, -0.25) is 0 Å². The Hall–Kier alpha value is -0.520. The average Bonchev–Trinajstić information content (AvgIpc) is 2.02. The first-order valence-corrected chi connectivity index (χ1v) is 5.30. The molecular weight excluding hydrogens is 156 g/mol. The molecule has 0 radical (unpaired) electrons. The van der Waals surface area contributed by atoms with Crippen LogP contribution in [0.2, 0.25) is 0 Å². The molecule has 1 saturated carbocycles. The second-order valence-electron chi connectivity index (χ2n) is 5.51. The Morgan fingerprint density at radius 2 is 1.92 bits per heavy atom. The molecule has 13 heavy (non-hydrogen) atoms. The number of rotatable bonds is 0. The summed E-state index contributed by atoms with van der Waals surface area (Å²) in [5, 5.41) is 0. The van der Waals surface area contributed by atoms with Gasteiger partial charge in [-0.05, 0) is 50.0 Å². The quantitative estimate of drug-likeness (QED) is 0.524. The lowest BCUT2D eigenvalue weighted by Gasteiger charge is -2.57. The van der Waals surface area contributed by atoms with Crippen molar-refractivity contribution in [3.63, 3.8) is 0 Å². The molecule has 72 valence electrons. The van der Waals surface area contributed by atoms with Crippen LogP contribution in [0.1, 0.15) is 41.0 Å². The average molecular weight is 176 g/mol. The predicted molar refractivity (Wildman–Crippen MR) is 57.5 cm³/mol. The fourth-order valence-electron chi connectivity index (χ4n) is 3.17.